The van der Waals surface area contributed by atoms with Crippen LogP contribution < -0.4 is 0 Å². The van der Waals surface area contributed by atoms with Gasteiger partial charge >= 0.3 is 0 Å². The van der Waals surface area contributed by atoms with Crippen molar-refractivity contribution in [2.45, 2.75) is 71.3 Å². The average molecular weight is 320 g/mol. The van der Waals surface area contributed by atoms with Crippen LogP contribution >= 0.6 is 0 Å². The quantitative estimate of drug-likeness (QED) is 0.768. The molecule has 0 aromatic heterocycles. The Labute approximate surface area is 139 Å². The first-order valence-electron chi connectivity index (χ1n) is 9.66. The van der Waals surface area contributed by atoms with Crippen LogP contribution in [-0.2, 0) is 4.79 Å². The minimum Gasteiger partial charge on any atom is -0.396 e. The molecule has 0 aliphatic heterocycles. The summed E-state index contributed by atoms with van der Waals surface area (Å²) in [5.41, 5.74) is 0.0212. The number of aliphatic hydroxyl groups is 2. The van der Waals surface area contributed by atoms with Crippen LogP contribution in [0.25, 0.3) is 0 Å². The van der Waals surface area contributed by atoms with E-state index in [2.05, 4.69) is 13.8 Å². The number of carbonyl (C=O) groups excluding carboxylic acids is 1. The van der Waals surface area contributed by atoms with Crippen LogP contribution in [0.3, 0.4) is 0 Å². The molecule has 0 aromatic rings. The molecule has 8 atom stereocenters. The van der Waals surface area contributed by atoms with Gasteiger partial charge in [-0.25, -0.2) is 0 Å². The zero-order valence-corrected chi connectivity index (χ0v) is 14.6. The Kier molecular flexibility index (Phi) is 3.53. The number of hydrogen-bond donors (Lipinski definition) is 2. The molecule has 3 nitrogen and oxygen atoms in total. The van der Waals surface area contributed by atoms with Crippen molar-refractivity contribution in [3.8, 4) is 0 Å². The molecule has 2 bridgehead atoms. The molecule has 130 valence electrons. The summed E-state index contributed by atoms with van der Waals surface area (Å²) >= 11 is 0. The van der Waals surface area contributed by atoms with Crippen LogP contribution in [-0.4, -0.2) is 29.2 Å². The van der Waals surface area contributed by atoms with Gasteiger partial charge in [-0.05, 0) is 68.1 Å². The summed E-state index contributed by atoms with van der Waals surface area (Å²) < 4.78 is 0. The molecule has 0 aromatic carbocycles. The summed E-state index contributed by atoms with van der Waals surface area (Å²) in [5, 5.41) is 20.9. The van der Waals surface area contributed by atoms with E-state index in [4.69, 9.17) is 0 Å². The summed E-state index contributed by atoms with van der Waals surface area (Å²) in [7, 11) is 0. The third-order valence-corrected chi connectivity index (χ3v) is 9.01. The number of aliphatic hydroxyl groups excluding tert-OH is 2. The van der Waals surface area contributed by atoms with E-state index in [-0.39, 0.29) is 34.9 Å². The van der Waals surface area contributed by atoms with Gasteiger partial charge in [0.15, 0.2) is 0 Å². The molecule has 2 N–H and O–H groups in total. The predicted molar refractivity (Wildman–Crippen MR) is 88.7 cm³/mol. The minimum atomic E-state index is -0.341. The van der Waals surface area contributed by atoms with Crippen LogP contribution in [0, 0.1) is 39.9 Å². The van der Waals surface area contributed by atoms with Crippen LogP contribution in [0.4, 0.5) is 0 Å². The Morgan fingerprint density at radius 2 is 1.83 bits per heavy atom. The molecule has 0 saturated heterocycles. The first-order chi connectivity index (χ1) is 10.9. The fourth-order valence-electron chi connectivity index (χ4n) is 7.92. The topological polar surface area (TPSA) is 57.5 Å². The molecular weight excluding hydrogens is 288 g/mol. The lowest BCUT2D eigenvalue weighted by Crippen LogP contribution is -2.66. The molecule has 5 aliphatic rings. The third-order valence-electron chi connectivity index (χ3n) is 9.01. The molecule has 3 heteroatoms. The lowest BCUT2D eigenvalue weighted by atomic mass is 9.35. The Hall–Kier alpha value is -0.410. The molecule has 5 rings (SSSR count). The van der Waals surface area contributed by atoms with Gasteiger partial charge in [0, 0.05) is 23.4 Å². The van der Waals surface area contributed by atoms with Crippen molar-refractivity contribution in [3.63, 3.8) is 0 Å². The van der Waals surface area contributed by atoms with E-state index in [0.29, 0.717) is 17.8 Å². The van der Waals surface area contributed by atoms with E-state index in [1.807, 2.05) is 0 Å². The highest BCUT2D eigenvalue weighted by Crippen LogP contribution is 2.71. The summed E-state index contributed by atoms with van der Waals surface area (Å²) in [6.45, 7) is 4.73. The lowest BCUT2D eigenvalue weighted by Gasteiger charge is -2.69. The number of rotatable bonds is 2. The second-order valence-corrected chi connectivity index (χ2v) is 9.69. The molecule has 23 heavy (non-hydrogen) atoms. The molecule has 0 unspecified atom stereocenters. The first kappa shape index (κ1) is 16.1. The molecular formula is C20H32O3. The van der Waals surface area contributed by atoms with Gasteiger partial charge in [0.05, 0.1) is 6.10 Å². The van der Waals surface area contributed by atoms with Crippen molar-refractivity contribution in [3.05, 3.63) is 0 Å². The standard InChI is InChI=1S/C20H32O3/c1-18(12-22)6-3-7-19(2)15(18)5-9-20-8-4-13(10-16(19)20)14(11-21)17(20)23/h12-17,21,23H,3-11H2,1-2H3/t13-,14-,15+,16-,17+,18-,19+,20-/m0/s1. The largest absolute Gasteiger partial charge is 0.396 e. The SMILES string of the molecule is C[C@@]12CCC[C@@](C)(C=O)[C@H]1CC[C@@]13CC[C@@H](C[C@@H]21)[C@H](CO)[C@H]3O. The maximum absolute atomic E-state index is 11.9. The third kappa shape index (κ3) is 1.87. The van der Waals surface area contributed by atoms with Crippen LogP contribution in [0.15, 0.2) is 0 Å². The highest BCUT2D eigenvalue weighted by molar-refractivity contribution is 5.60. The van der Waals surface area contributed by atoms with Gasteiger partial charge in [0.1, 0.15) is 6.29 Å². The highest BCUT2D eigenvalue weighted by Gasteiger charge is 2.67. The second-order valence-electron chi connectivity index (χ2n) is 9.69. The Bertz CT molecular complexity index is 505. The minimum absolute atomic E-state index is 0.00846. The van der Waals surface area contributed by atoms with E-state index < -0.39 is 0 Å². The fraction of sp³-hybridized carbons (Fsp3) is 0.950. The van der Waals surface area contributed by atoms with Crippen molar-refractivity contribution in [2.75, 3.05) is 6.61 Å². The maximum atomic E-state index is 11.9. The molecule has 0 heterocycles. The Morgan fingerprint density at radius 3 is 2.52 bits per heavy atom. The van der Waals surface area contributed by atoms with Crippen LogP contribution in [0.5, 0.6) is 0 Å². The zero-order chi connectivity index (χ0) is 16.5. The van der Waals surface area contributed by atoms with Gasteiger partial charge in [0.25, 0.3) is 0 Å². The van der Waals surface area contributed by atoms with Gasteiger partial charge in [-0.15, -0.1) is 0 Å². The van der Waals surface area contributed by atoms with Crippen molar-refractivity contribution in [1.82, 2.24) is 0 Å². The normalized spacial score (nSPS) is 58.3. The predicted octanol–water partition coefficient (Wildman–Crippen LogP) is 3.18. The molecule has 0 amide bonds. The Balaban J connectivity index is 1.75. The van der Waals surface area contributed by atoms with Crippen LogP contribution in [0.2, 0.25) is 0 Å². The summed E-state index contributed by atoms with van der Waals surface area (Å²) in [5.74, 6) is 1.56. The summed E-state index contributed by atoms with van der Waals surface area (Å²) in [6.07, 6.45) is 9.84. The van der Waals surface area contributed by atoms with Gasteiger partial charge < -0.3 is 15.0 Å². The van der Waals surface area contributed by atoms with Crippen molar-refractivity contribution in [2.24, 2.45) is 39.9 Å². The van der Waals surface area contributed by atoms with Gasteiger partial charge in [-0.1, -0.05) is 20.3 Å². The number of fused-ring (bicyclic) bond motifs is 3. The van der Waals surface area contributed by atoms with E-state index >= 15 is 0 Å². The average Bonchev–Trinajstić information content (AvgIpc) is 2.55. The molecule has 5 fully saturated rings. The molecule has 0 radical (unpaired) electrons. The van der Waals surface area contributed by atoms with E-state index in [9.17, 15) is 15.0 Å². The fourth-order valence-corrected chi connectivity index (χ4v) is 7.92. The van der Waals surface area contributed by atoms with Crippen molar-refractivity contribution >= 4 is 6.29 Å². The lowest BCUT2D eigenvalue weighted by molar-refractivity contribution is -0.244. The maximum Gasteiger partial charge on any atom is 0.126 e. The summed E-state index contributed by atoms with van der Waals surface area (Å²) in [4.78, 5) is 11.9. The molecule has 1 spiro atoms. The van der Waals surface area contributed by atoms with E-state index in [1.165, 1.54) is 19.1 Å². The second kappa shape index (κ2) is 5.05. The smallest absolute Gasteiger partial charge is 0.126 e. The molecule has 5 saturated carbocycles. The van der Waals surface area contributed by atoms with Gasteiger partial charge in [0.2, 0.25) is 0 Å². The number of carbonyl (C=O) groups is 1. The first-order valence-corrected chi connectivity index (χ1v) is 9.66. The Morgan fingerprint density at radius 1 is 1.09 bits per heavy atom. The molecule has 5 aliphatic carbocycles. The van der Waals surface area contributed by atoms with Gasteiger partial charge in [-0.2, -0.15) is 0 Å². The summed E-state index contributed by atoms with van der Waals surface area (Å²) in [6, 6.07) is 0. The van der Waals surface area contributed by atoms with Crippen LogP contribution in [0.1, 0.15) is 65.2 Å². The van der Waals surface area contributed by atoms with E-state index in [1.54, 1.807) is 0 Å². The monoisotopic (exact) mass is 320 g/mol. The van der Waals surface area contributed by atoms with E-state index in [0.717, 1.165) is 38.5 Å². The van der Waals surface area contributed by atoms with Gasteiger partial charge in [-0.3, -0.25) is 0 Å². The van der Waals surface area contributed by atoms with Crippen molar-refractivity contribution < 1.29 is 15.0 Å². The van der Waals surface area contributed by atoms with Crippen molar-refractivity contribution in [1.29, 1.82) is 0 Å². The number of aldehydes is 1. The zero-order valence-electron chi connectivity index (χ0n) is 14.6. The highest BCUT2D eigenvalue weighted by atomic mass is 16.3. The number of hydrogen-bond acceptors (Lipinski definition) is 3.